The third-order valence-electron chi connectivity index (χ3n) is 6.18. The number of ketones is 1. The van der Waals surface area contributed by atoms with Crippen molar-refractivity contribution in [3.05, 3.63) is 65.8 Å². The second kappa shape index (κ2) is 12.3. The predicted molar refractivity (Wildman–Crippen MR) is 139 cm³/mol. The number of benzene rings is 2. The van der Waals surface area contributed by atoms with Crippen molar-refractivity contribution in [2.45, 2.75) is 31.2 Å². The molecular formula is C26H29FN4O7S. The Balaban J connectivity index is 1.51. The first-order valence-corrected chi connectivity index (χ1v) is 14.3. The van der Waals surface area contributed by atoms with Crippen LogP contribution in [0.25, 0.3) is 11.1 Å². The van der Waals surface area contributed by atoms with E-state index >= 15 is 0 Å². The van der Waals surface area contributed by atoms with Gasteiger partial charge in [-0.3, -0.25) is 9.59 Å². The molecule has 0 radical (unpaired) electrons. The van der Waals surface area contributed by atoms with Crippen molar-refractivity contribution >= 4 is 38.7 Å². The lowest BCUT2D eigenvalue weighted by Gasteiger charge is -2.29. The van der Waals surface area contributed by atoms with Gasteiger partial charge in [-0.1, -0.05) is 31.2 Å². The normalized spacial score (nSPS) is 15.5. The number of Topliss-reactive ketones (excluding diaryl/α,β-unsaturated/α-hetero) is 1. The summed E-state index contributed by atoms with van der Waals surface area (Å²) in [5, 5.41) is 5.05. The molecule has 3 amide bonds. The average molecular weight is 561 g/mol. The summed E-state index contributed by atoms with van der Waals surface area (Å²) < 4.78 is 50.1. The van der Waals surface area contributed by atoms with Crippen LogP contribution in [-0.2, 0) is 25.1 Å². The highest BCUT2D eigenvalue weighted by atomic mass is 32.2. The molecule has 3 aromatic rings. The Hall–Kier alpha value is -3.84. The van der Waals surface area contributed by atoms with Crippen LogP contribution in [0.5, 0.6) is 0 Å². The molecule has 2 N–H and O–H groups in total. The Labute approximate surface area is 224 Å². The Kier molecular flexibility index (Phi) is 8.92. The second-order valence-corrected chi connectivity index (χ2v) is 11.2. The van der Waals surface area contributed by atoms with Gasteiger partial charge in [-0.25, -0.2) is 22.6 Å². The molecule has 11 nitrogen and oxygen atoms in total. The molecule has 208 valence electrons. The topological polar surface area (TPSA) is 148 Å². The summed E-state index contributed by atoms with van der Waals surface area (Å²) in [4.78, 5) is 44.9. The minimum absolute atomic E-state index is 0.162. The van der Waals surface area contributed by atoms with Gasteiger partial charge < -0.3 is 24.7 Å². The first-order valence-electron chi connectivity index (χ1n) is 12.4. The standard InChI is InChI=1S/C26H29FN4O7S/c1-2-19(23(32)25-29-20-5-3-4-6-22(20)38-25)28-24(33)21(30-26(34)31-11-13-37-14-12-31)16-39(35,36)15-17-7-9-18(27)10-8-17/h3-10,19,21H,2,11-16H2,1H3,(H,28,33)(H,30,34)/t19-,21-/m0/s1. The number of oxazole rings is 1. The minimum Gasteiger partial charge on any atom is -0.434 e. The van der Waals surface area contributed by atoms with Crippen molar-refractivity contribution < 1.29 is 36.3 Å². The number of hydrogen-bond donors (Lipinski definition) is 2. The summed E-state index contributed by atoms with van der Waals surface area (Å²) in [5.74, 6) is -3.35. The SMILES string of the molecule is CC[C@H](NC(=O)[C@H](CS(=O)(=O)Cc1ccc(F)cc1)NC(=O)N1CCOCC1)C(=O)c1nc2ccccc2o1. The van der Waals surface area contributed by atoms with E-state index < -0.39 is 57.0 Å². The molecule has 0 bridgehead atoms. The molecule has 1 aliphatic rings. The fraction of sp³-hybridized carbons (Fsp3) is 0.385. The minimum atomic E-state index is -3.96. The van der Waals surface area contributed by atoms with Crippen LogP contribution in [0.2, 0.25) is 0 Å². The fourth-order valence-corrected chi connectivity index (χ4v) is 5.65. The van der Waals surface area contributed by atoms with Gasteiger partial charge >= 0.3 is 6.03 Å². The average Bonchev–Trinajstić information content (AvgIpc) is 3.37. The second-order valence-electron chi connectivity index (χ2n) is 9.10. The van der Waals surface area contributed by atoms with Crippen LogP contribution in [-0.4, -0.2) is 80.2 Å². The van der Waals surface area contributed by atoms with Gasteiger partial charge in [0.05, 0.1) is 30.8 Å². The number of hydrogen-bond acceptors (Lipinski definition) is 8. The van der Waals surface area contributed by atoms with E-state index in [1.54, 1.807) is 31.2 Å². The van der Waals surface area contributed by atoms with Gasteiger partial charge in [0.2, 0.25) is 11.7 Å². The first kappa shape index (κ1) is 28.2. The number of halogens is 1. The molecular weight excluding hydrogens is 531 g/mol. The number of amides is 3. The van der Waals surface area contributed by atoms with Gasteiger partial charge in [0, 0.05) is 13.1 Å². The zero-order valence-corrected chi connectivity index (χ0v) is 22.1. The molecule has 4 rings (SSSR count). The number of nitrogens with zero attached hydrogens (tertiary/aromatic N) is 2. The number of fused-ring (bicyclic) bond motifs is 1. The smallest absolute Gasteiger partial charge is 0.318 e. The highest BCUT2D eigenvalue weighted by molar-refractivity contribution is 7.90. The molecule has 0 saturated carbocycles. The number of rotatable bonds is 10. The molecule has 1 saturated heterocycles. The number of carbonyl (C=O) groups is 3. The van der Waals surface area contributed by atoms with Crippen LogP contribution < -0.4 is 10.6 Å². The summed E-state index contributed by atoms with van der Waals surface area (Å²) in [6.07, 6.45) is 0.162. The van der Waals surface area contributed by atoms with Crippen LogP contribution >= 0.6 is 0 Å². The molecule has 1 fully saturated rings. The van der Waals surface area contributed by atoms with Gasteiger partial charge in [-0.05, 0) is 36.2 Å². The molecule has 2 aromatic carbocycles. The number of urea groups is 1. The van der Waals surface area contributed by atoms with E-state index in [-0.39, 0.29) is 25.4 Å². The van der Waals surface area contributed by atoms with E-state index in [9.17, 15) is 27.2 Å². The largest absolute Gasteiger partial charge is 0.434 e. The highest BCUT2D eigenvalue weighted by Crippen LogP contribution is 2.17. The van der Waals surface area contributed by atoms with Gasteiger partial charge in [-0.15, -0.1) is 0 Å². The number of aromatic nitrogens is 1. The number of carbonyl (C=O) groups excluding carboxylic acids is 3. The summed E-state index contributed by atoms with van der Waals surface area (Å²) >= 11 is 0. The molecule has 1 aromatic heterocycles. The zero-order chi connectivity index (χ0) is 28.0. The monoisotopic (exact) mass is 560 g/mol. The van der Waals surface area contributed by atoms with E-state index in [1.165, 1.54) is 17.0 Å². The number of morpholine rings is 1. The van der Waals surface area contributed by atoms with E-state index in [0.717, 1.165) is 12.1 Å². The fourth-order valence-electron chi connectivity index (χ4n) is 4.09. The van der Waals surface area contributed by atoms with Crippen molar-refractivity contribution in [2.75, 3.05) is 32.1 Å². The molecule has 0 spiro atoms. The van der Waals surface area contributed by atoms with Crippen LogP contribution in [0, 0.1) is 5.82 Å². The number of sulfone groups is 1. The van der Waals surface area contributed by atoms with Gasteiger partial charge in [0.15, 0.2) is 15.4 Å². The summed E-state index contributed by atoms with van der Waals surface area (Å²) in [6, 6.07) is 8.54. The summed E-state index contributed by atoms with van der Waals surface area (Å²) in [7, 11) is -3.96. The van der Waals surface area contributed by atoms with Crippen molar-refractivity contribution in [3.8, 4) is 0 Å². The Morgan fingerprint density at radius 2 is 1.72 bits per heavy atom. The zero-order valence-electron chi connectivity index (χ0n) is 21.3. The van der Waals surface area contributed by atoms with E-state index in [2.05, 4.69) is 15.6 Å². The maximum Gasteiger partial charge on any atom is 0.318 e. The summed E-state index contributed by atoms with van der Waals surface area (Å²) in [5.41, 5.74) is 1.21. The number of para-hydroxylation sites is 2. The van der Waals surface area contributed by atoms with Crippen molar-refractivity contribution in [3.63, 3.8) is 0 Å². The molecule has 2 atom stereocenters. The van der Waals surface area contributed by atoms with Gasteiger partial charge in [0.1, 0.15) is 17.4 Å². The van der Waals surface area contributed by atoms with Crippen LogP contribution in [0.4, 0.5) is 9.18 Å². The third-order valence-corrected chi connectivity index (χ3v) is 7.79. The molecule has 0 aliphatic carbocycles. The lowest BCUT2D eigenvalue weighted by Crippen LogP contribution is -2.57. The van der Waals surface area contributed by atoms with Gasteiger partial charge in [-0.2, -0.15) is 0 Å². The van der Waals surface area contributed by atoms with Crippen molar-refractivity contribution in [1.29, 1.82) is 0 Å². The molecule has 0 unspecified atom stereocenters. The van der Waals surface area contributed by atoms with E-state index in [0.29, 0.717) is 29.9 Å². The number of ether oxygens (including phenoxy) is 1. The van der Waals surface area contributed by atoms with E-state index in [1.807, 2.05) is 0 Å². The lowest BCUT2D eigenvalue weighted by atomic mass is 10.1. The highest BCUT2D eigenvalue weighted by Gasteiger charge is 2.33. The third kappa shape index (κ3) is 7.39. The quantitative estimate of drug-likeness (QED) is 0.358. The maximum atomic E-state index is 13.3. The maximum absolute atomic E-state index is 13.3. The van der Waals surface area contributed by atoms with E-state index in [4.69, 9.17) is 9.15 Å². The Morgan fingerprint density at radius 1 is 1.03 bits per heavy atom. The van der Waals surface area contributed by atoms with Crippen molar-refractivity contribution in [1.82, 2.24) is 20.5 Å². The molecule has 13 heteroatoms. The van der Waals surface area contributed by atoms with Crippen molar-refractivity contribution in [2.24, 2.45) is 0 Å². The lowest BCUT2D eigenvalue weighted by molar-refractivity contribution is -0.123. The van der Waals surface area contributed by atoms with Crippen LogP contribution in [0.15, 0.2) is 52.9 Å². The first-order chi connectivity index (χ1) is 18.6. The molecule has 2 heterocycles. The summed E-state index contributed by atoms with van der Waals surface area (Å²) in [6.45, 7) is 2.83. The Bertz CT molecular complexity index is 1400. The molecule has 39 heavy (non-hydrogen) atoms. The van der Waals surface area contributed by atoms with Crippen LogP contribution in [0.1, 0.15) is 29.6 Å². The predicted octanol–water partition coefficient (Wildman–Crippen LogP) is 2.07. The number of nitrogens with one attached hydrogen (secondary N) is 2. The van der Waals surface area contributed by atoms with Crippen LogP contribution in [0.3, 0.4) is 0 Å². The Morgan fingerprint density at radius 3 is 2.38 bits per heavy atom. The van der Waals surface area contributed by atoms with Gasteiger partial charge in [0.25, 0.3) is 5.89 Å². The molecule has 1 aliphatic heterocycles.